The third kappa shape index (κ3) is 2.55. The zero-order chi connectivity index (χ0) is 22.8. The molecule has 0 saturated heterocycles. The standard InChI is InChI=1S/C29H19N3O2/c1-18-27-28(32(30-18)19-9-3-2-4-10-19)23-17-20(15-16-26(23)34-29(27)33)31-24-13-7-5-11-21(24)22-12-6-8-14-25(22)31/h2-17H,1H3. The van der Waals surface area contributed by atoms with Gasteiger partial charge in [0.05, 0.1) is 27.9 Å². The summed E-state index contributed by atoms with van der Waals surface area (Å²) in [5.74, 6) is 0. The highest BCUT2D eigenvalue weighted by atomic mass is 16.4. The first-order chi connectivity index (χ1) is 16.7. The highest BCUT2D eigenvalue weighted by molar-refractivity contribution is 6.10. The molecule has 0 saturated carbocycles. The largest absolute Gasteiger partial charge is 0.422 e. The van der Waals surface area contributed by atoms with Crippen LogP contribution in [0.25, 0.3) is 55.1 Å². The van der Waals surface area contributed by atoms with Crippen LogP contribution in [-0.4, -0.2) is 14.3 Å². The van der Waals surface area contributed by atoms with Crippen molar-refractivity contribution >= 4 is 43.7 Å². The summed E-state index contributed by atoms with van der Waals surface area (Å²) >= 11 is 0. The van der Waals surface area contributed by atoms with Crippen molar-refractivity contribution < 1.29 is 4.42 Å². The van der Waals surface area contributed by atoms with E-state index >= 15 is 0 Å². The Hall–Kier alpha value is -4.64. The molecule has 0 N–H and O–H groups in total. The molecule has 0 bridgehead atoms. The number of hydrogen-bond acceptors (Lipinski definition) is 3. The van der Waals surface area contributed by atoms with E-state index in [1.807, 2.05) is 54.1 Å². The number of hydrogen-bond donors (Lipinski definition) is 0. The van der Waals surface area contributed by atoms with Crippen LogP contribution in [0.3, 0.4) is 0 Å². The summed E-state index contributed by atoms with van der Waals surface area (Å²) in [7, 11) is 0. The minimum Gasteiger partial charge on any atom is -0.422 e. The quantitative estimate of drug-likeness (QED) is 0.286. The third-order valence-corrected chi connectivity index (χ3v) is 6.52. The fraction of sp³-hybridized carbons (Fsp3) is 0.0345. The van der Waals surface area contributed by atoms with Crippen molar-refractivity contribution in [1.82, 2.24) is 14.3 Å². The van der Waals surface area contributed by atoms with E-state index in [0.29, 0.717) is 16.7 Å². The van der Waals surface area contributed by atoms with Gasteiger partial charge in [0.25, 0.3) is 0 Å². The molecule has 0 unspecified atom stereocenters. The van der Waals surface area contributed by atoms with Gasteiger partial charge in [0, 0.05) is 21.8 Å². The number of nitrogens with zero attached hydrogens (tertiary/aromatic N) is 3. The van der Waals surface area contributed by atoms with Gasteiger partial charge < -0.3 is 8.98 Å². The van der Waals surface area contributed by atoms with E-state index in [4.69, 9.17) is 9.52 Å². The van der Waals surface area contributed by atoms with Crippen molar-refractivity contribution in [2.24, 2.45) is 0 Å². The summed E-state index contributed by atoms with van der Waals surface area (Å²) in [4.78, 5) is 12.9. The Morgan fingerprint density at radius 3 is 2.06 bits per heavy atom. The molecule has 3 aromatic heterocycles. The Kier molecular flexibility index (Phi) is 3.85. The van der Waals surface area contributed by atoms with E-state index in [0.717, 1.165) is 33.3 Å². The third-order valence-electron chi connectivity index (χ3n) is 6.52. The average molecular weight is 441 g/mol. The summed E-state index contributed by atoms with van der Waals surface area (Å²) in [6.07, 6.45) is 0. The Labute approximate surface area is 194 Å². The van der Waals surface area contributed by atoms with Gasteiger partial charge in [-0.1, -0.05) is 54.6 Å². The van der Waals surface area contributed by atoms with Gasteiger partial charge in [-0.05, 0) is 49.4 Å². The predicted octanol–water partition coefficient (Wildman–Crippen LogP) is 6.54. The molecule has 3 heterocycles. The summed E-state index contributed by atoms with van der Waals surface area (Å²) in [5, 5.41) is 8.47. The number of fused-ring (bicyclic) bond motifs is 6. The molecule has 0 amide bonds. The van der Waals surface area contributed by atoms with Gasteiger partial charge in [-0.15, -0.1) is 0 Å². The fourth-order valence-electron chi connectivity index (χ4n) is 5.06. The summed E-state index contributed by atoms with van der Waals surface area (Å²) in [6, 6.07) is 32.7. The molecule has 0 spiro atoms. The number of aromatic nitrogens is 3. The smallest absolute Gasteiger partial charge is 0.347 e. The molecule has 0 fully saturated rings. The van der Waals surface area contributed by atoms with Crippen LogP contribution in [0.1, 0.15) is 5.69 Å². The molecule has 7 aromatic rings. The highest BCUT2D eigenvalue weighted by Gasteiger charge is 2.19. The van der Waals surface area contributed by atoms with Crippen LogP contribution in [0.15, 0.2) is 106 Å². The average Bonchev–Trinajstić information content (AvgIpc) is 3.40. The van der Waals surface area contributed by atoms with Crippen LogP contribution < -0.4 is 5.63 Å². The number of para-hydroxylation sites is 3. The van der Waals surface area contributed by atoms with Crippen LogP contribution in [-0.2, 0) is 0 Å². The maximum atomic E-state index is 12.9. The van der Waals surface area contributed by atoms with Crippen LogP contribution in [0.2, 0.25) is 0 Å². The van der Waals surface area contributed by atoms with Crippen molar-refractivity contribution in [3.63, 3.8) is 0 Å². The summed E-state index contributed by atoms with van der Waals surface area (Å²) < 4.78 is 9.84. The maximum absolute atomic E-state index is 12.9. The molecule has 7 rings (SSSR count). The van der Waals surface area contributed by atoms with Crippen LogP contribution in [0, 0.1) is 6.92 Å². The van der Waals surface area contributed by atoms with E-state index < -0.39 is 0 Å². The number of benzene rings is 4. The Morgan fingerprint density at radius 2 is 1.35 bits per heavy atom. The van der Waals surface area contributed by atoms with Gasteiger partial charge in [-0.2, -0.15) is 5.10 Å². The lowest BCUT2D eigenvalue weighted by molar-refractivity contribution is 0.569. The monoisotopic (exact) mass is 441 g/mol. The van der Waals surface area contributed by atoms with Gasteiger partial charge in [0.2, 0.25) is 0 Å². The van der Waals surface area contributed by atoms with E-state index in [-0.39, 0.29) is 5.63 Å². The molecule has 34 heavy (non-hydrogen) atoms. The van der Waals surface area contributed by atoms with E-state index in [1.54, 1.807) is 0 Å². The molecular formula is C29H19N3O2. The lowest BCUT2D eigenvalue weighted by Crippen LogP contribution is -2.02. The first-order valence-corrected chi connectivity index (χ1v) is 11.2. The summed E-state index contributed by atoms with van der Waals surface area (Å²) in [6.45, 7) is 1.85. The highest BCUT2D eigenvalue weighted by Crippen LogP contribution is 2.34. The molecule has 162 valence electrons. The zero-order valence-corrected chi connectivity index (χ0v) is 18.4. The van der Waals surface area contributed by atoms with Gasteiger partial charge in [-0.25, -0.2) is 9.48 Å². The number of rotatable bonds is 2. The van der Waals surface area contributed by atoms with E-state index in [9.17, 15) is 4.79 Å². The SMILES string of the molecule is Cc1nn(-c2ccccc2)c2c1c(=O)oc1ccc(-n3c4ccccc4c4ccccc43)cc12. The minimum absolute atomic E-state index is 0.369. The normalized spacial score (nSPS) is 11.8. The minimum atomic E-state index is -0.369. The Morgan fingerprint density at radius 1 is 0.706 bits per heavy atom. The van der Waals surface area contributed by atoms with Crippen molar-refractivity contribution in [2.75, 3.05) is 0 Å². The first-order valence-electron chi connectivity index (χ1n) is 11.2. The maximum Gasteiger partial charge on any atom is 0.347 e. The lowest BCUT2D eigenvalue weighted by Gasteiger charge is -2.10. The molecule has 0 aliphatic heterocycles. The van der Waals surface area contributed by atoms with Gasteiger partial charge >= 0.3 is 5.63 Å². The lowest BCUT2D eigenvalue weighted by atomic mass is 10.1. The number of aryl methyl sites for hydroxylation is 1. The topological polar surface area (TPSA) is 53.0 Å². The second-order valence-electron chi connectivity index (χ2n) is 8.50. The molecule has 0 radical (unpaired) electrons. The molecule has 5 heteroatoms. The molecule has 5 nitrogen and oxygen atoms in total. The van der Waals surface area contributed by atoms with Gasteiger partial charge in [0.1, 0.15) is 11.0 Å². The zero-order valence-electron chi connectivity index (χ0n) is 18.4. The van der Waals surface area contributed by atoms with Crippen LogP contribution >= 0.6 is 0 Å². The Balaban J connectivity index is 1.62. The molecule has 0 aliphatic rings. The van der Waals surface area contributed by atoms with Crippen molar-refractivity contribution in [2.45, 2.75) is 6.92 Å². The van der Waals surface area contributed by atoms with Crippen LogP contribution in [0.4, 0.5) is 0 Å². The molecular weight excluding hydrogens is 422 g/mol. The second kappa shape index (κ2) is 6.93. The first kappa shape index (κ1) is 18.9. The van der Waals surface area contributed by atoms with E-state index in [1.165, 1.54) is 10.8 Å². The molecule has 0 aliphatic carbocycles. The molecule has 0 atom stereocenters. The van der Waals surface area contributed by atoms with Crippen molar-refractivity contribution in [3.05, 3.63) is 113 Å². The van der Waals surface area contributed by atoms with Crippen molar-refractivity contribution in [1.29, 1.82) is 0 Å². The van der Waals surface area contributed by atoms with Crippen LogP contribution in [0.5, 0.6) is 0 Å². The fourth-order valence-corrected chi connectivity index (χ4v) is 5.06. The van der Waals surface area contributed by atoms with E-state index in [2.05, 4.69) is 59.2 Å². The molecule has 4 aromatic carbocycles. The second-order valence-corrected chi connectivity index (χ2v) is 8.50. The van der Waals surface area contributed by atoms with Gasteiger partial charge in [0.15, 0.2) is 0 Å². The summed E-state index contributed by atoms with van der Waals surface area (Å²) in [5.41, 5.74) is 5.74. The van der Waals surface area contributed by atoms with Gasteiger partial charge in [-0.3, -0.25) is 0 Å². The Bertz CT molecular complexity index is 1890. The van der Waals surface area contributed by atoms with Crippen molar-refractivity contribution in [3.8, 4) is 11.4 Å². The predicted molar refractivity (Wildman–Crippen MR) is 136 cm³/mol.